The van der Waals surface area contributed by atoms with E-state index in [1.807, 2.05) is 30.3 Å². The Labute approximate surface area is 171 Å². The maximum Gasteiger partial charge on any atom is 0.306 e. The molecule has 0 heterocycles. The SMILES string of the molecule is COc1ccc(CC(CC(O)C(N)Cc2ccccc2)C(=O)O)c(OC)c1OC. The highest BCUT2D eigenvalue weighted by Gasteiger charge is 2.28. The number of carboxylic acid groups (broad SMARTS) is 1. The van der Waals surface area contributed by atoms with E-state index in [9.17, 15) is 15.0 Å². The molecule has 0 aliphatic carbocycles. The second-order valence-corrected chi connectivity index (χ2v) is 6.89. The summed E-state index contributed by atoms with van der Waals surface area (Å²) in [5.41, 5.74) is 7.77. The Morgan fingerprint density at radius 2 is 1.62 bits per heavy atom. The minimum atomic E-state index is -1.01. The molecule has 4 N–H and O–H groups in total. The molecule has 0 spiro atoms. The molecule has 2 aromatic rings. The highest BCUT2D eigenvalue weighted by Crippen LogP contribution is 2.40. The summed E-state index contributed by atoms with van der Waals surface area (Å²) < 4.78 is 16.1. The molecule has 0 saturated carbocycles. The number of methoxy groups -OCH3 is 3. The van der Waals surface area contributed by atoms with E-state index in [1.54, 1.807) is 12.1 Å². The number of aliphatic hydroxyl groups is 1. The molecule has 0 aliphatic heterocycles. The average molecular weight is 403 g/mol. The zero-order valence-electron chi connectivity index (χ0n) is 17.0. The third-order valence-electron chi connectivity index (χ3n) is 4.94. The van der Waals surface area contributed by atoms with Crippen LogP contribution in [0.3, 0.4) is 0 Å². The number of hydrogen-bond acceptors (Lipinski definition) is 6. The summed E-state index contributed by atoms with van der Waals surface area (Å²) in [5, 5.41) is 20.2. The first kappa shape index (κ1) is 22.5. The molecule has 29 heavy (non-hydrogen) atoms. The summed E-state index contributed by atoms with van der Waals surface area (Å²) in [4.78, 5) is 11.8. The molecule has 0 aromatic heterocycles. The first-order chi connectivity index (χ1) is 13.9. The van der Waals surface area contributed by atoms with E-state index in [-0.39, 0.29) is 12.8 Å². The van der Waals surface area contributed by atoms with Crippen molar-refractivity contribution in [2.24, 2.45) is 11.7 Å². The molecular weight excluding hydrogens is 374 g/mol. The van der Waals surface area contributed by atoms with Gasteiger partial charge in [-0.25, -0.2) is 0 Å². The van der Waals surface area contributed by atoms with Crippen LogP contribution in [0.1, 0.15) is 17.5 Å². The number of ether oxygens (including phenoxy) is 3. The van der Waals surface area contributed by atoms with Crippen molar-refractivity contribution in [3.8, 4) is 17.2 Å². The van der Waals surface area contributed by atoms with E-state index in [4.69, 9.17) is 19.9 Å². The summed E-state index contributed by atoms with van der Waals surface area (Å²) in [6, 6.07) is 12.4. The first-order valence-electron chi connectivity index (χ1n) is 9.39. The first-order valence-corrected chi connectivity index (χ1v) is 9.39. The molecule has 7 nitrogen and oxygen atoms in total. The fraction of sp³-hybridized carbons (Fsp3) is 0.409. The van der Waals surface area contributed by atoms with Gasteiger partial charge in [0.25, 0.3) is 0 Å². The van der Waals surface area contributed by atoms with Gasteiger partial charge >= 0.3 is 5.97 Å². The van der Waals surface area contributed by atoms with E-state index in [0.717, 1.165) is 5.56 Å². The van der Waals surface area contributed by atoms with Crippen LogP contribution in [0.5, 0.6) is 17.2 Å². The summed E-state index contributed by atoms with van der Waals surface area (Å²) in [6.45, 7) is 0. The highest BCUT2D eigenvalue weighted by atomic mass is 16.5. The van der Waals surface area contributed by atoms with Gasteiger partial charge in [-0.2, -0.15) is 0 Å². The van der Waals surface area contributed by atoms with Crippen molar-refractivity contribution in [3.05, 3.63) is 53.6 Å². The van der Waals surface area contributed by atoms with Gasteiger partial charge in [-0.3, -0.25) is 4.79 Å². The number of carboxylic acids is 1. The largest absolute Gasteiger partial charge is 0.493 e. The van der Waals surface area contributed by atoms with Crippen LogP contribution in [0.2, 0.25) is 0 Å². The van der Waals surface area contributed by atoms with E-state index in [0.29, 0.717) is 29.2 Å². The second-order valence-electron chi connectivity index (χ2n) is 6.89. The molecule has 3 atom stereocenters. The average Bonchev–Trinajstić information content (AvgIpc) is 2.73. The zero-order chi connectivity index (χ0) is 21.4. The topological polar surface area (TPSA) is 111 Å². The van der Waals surface area contributed by atoms with Gasteiger partial charge in [-0.15, -0.1) is 0 Å². The number of rotatable bonds is 11. The monoisotopic (exact) mass is 403 g/mol. The van der Waals surface area contributed by atoms with Crippen LogP contribution in [0, 0.1) is 5.92 Å². The third kappa shape index (κ3) is 5.85. The molecular formula is C22H29NO6. The van der Waals surface area contributed by atoms with Crippen LogP contribution >= 0.6 is 0 Å². The molecule has 0 aliphatic rings. The van der Waals surface area contributed by atoms with Gasteiger partial charge in [0.2, 0.25) is 5.75 Å². The van der Waals surface area contributed by atoms with E-state index in [1.165, 1.54) is 21.3 Å². The number of benzene rings is 2. The lowest BCUT2D eigenvalue weighted by Gasteiger charge is -2.23. The lowest BCUT2D eigenvalue weighted by atomic mass is 9.89. The molecule has 3 unspecified atom stereocenters. The van der Waals surface area contributed by atoms with Crippen molar-refractivity contribution in [2.75, 3.05) is 21.3 Å². The summed E-state index contributed by atoms with van der Waals surface area (Å²) in [6.07, 6.45) is -0.300. The smallest absolute Gasteiger partial charge is 0.306 e. The highest BCUT2D eigenvalue weighted by molar-refractivity contribution is 5.71. The molecule has 0 saturated heterocycles. The Morgan fingerprint density at radius 1 is 0.966 bits per heavy atom. The van der Waals surface area contributed by atoms with Gasteiger partial charge in [0.1, 0.15) is 0 Å². The van der Waals surface area contributed by atoms with Gasteiger partial charge in [0.15, 0.2) is 11.5 Å². The molecule has 0 amide bonds. The Kier molecular flexibility index (Phi) is 8.30. The molecule has 2 rings (SSSR count). The van der Waals surface area contributed by atoms with Gasteiger partial charge in [0, 0.05) is 6.04 Å². The Bertz CT molecular complexity index is 795. The van der Waals surface area contributed by atoms with Crippen molar-refractivity contribution < 1.29 is 29.2 Å². The van der Waals surface area contributed by atoms with Crippen molar-refractivity contribution in [3.63, 3.8) is 0 Å². The molecule has 158 valence electrons. The summed E-state index contributed by atoms with van der Waals surface area (Å²) in [7, 11) is 4.49. The van der Waals surface area contributed by atoms with Crippen LogP contribution in [-0.4, -0.2) is 49.7 Å². The second kappa shape index (κ2) is 10.7. The van der Waals surface area contributed by atoms with Gasteiger partial charge in [-0.05, 0) is 36.5 Å². The molecule has 7 heteroatoms. The van der Waals surface area contributed by atoms with Crippen LogP contribution < -0.4 is 19.9 Å². The van der Waals surface area contributed by atoms with E-state index in [2.05, 4.69) is 0 Å². The standard InChI is InChI=1S/C22H29NO6/c1-27-19-10-9-15(20(28-2)21(19)29-3)12-16(22(25)26)13-18(24)17(23)11-14-7-5-4-6-8-14/h4-10,16-18,24H,11-13,23H2,1-3H3,(H,25,26). The number of nitrogens with two attached hydrogens (primary N) is 1. The lowest BCUT2D eigenvalue weighted by molar-refractivity contribution is -0.142. The van der Waals surface area contributed by atoms with Gasteiger partial charge < -0.3 is 30.2 Å². The number of aliphatic hydroxyl groups excluding tert-OH is 1. The maximum absolute atomic E-state index is 11.8. The predicted octanol–water partition coefficient (Wildman–Crippen LogP) is 2.28. The van der Waals surface area contributed by atoms with Crippen LogP contribution in [0.4, 0.5) is 0 Å². The van der Waals surface area contributed by atoms with E-state index >= 15 is 0 Å². The normalized spacial score (nSPS) is 14.0. The number of hydrogen-bond donors (Lipinski definition) is 3. The fourth-order valence-corrected chi connectivity index (χ4v) is 3.35. The lowest BCUT2D eigenvalue weighted by Crippen LogP contribution is -2.39. The quantitative estimate of drug-likeness (QED) is 0.528. The maximum atomic E-state index is 11.8. The van der Waals surface area contributed by atoms with Crippen LogP contribution in [0.15, 0.2) is 42.5 Å². The Balaban J connectivity index is 2.15. The van der Waals surface area contributed by atoms with Crippen molar-refractivity contribution in [1.29, 1.82) is 0 Å². The van der Waals surface area contributed by atoms with Gasteiger partial charge in [0.05, 0.1) is 33.4 Å². The minimum Gasteiger partial charge on any atom is -0.493 e. The zero-order valence-corrected chi connectivity index (χ0v) is 17.0. The molecule has 0 fully saturated rings. The van der Waals surface area contributed by atoms with Crippen molar-refractivity contribution >= 4 is 5.97 Å². The van der Waals surface area contributed by atoms with Crippen molar-refractivity contribution in [2.45, 2.75) is 31.4 Å². The van der Waals surface area contributed by atoms with Crippen LogP contribution in [-0.2, 0) is 17.6 Å². The van der Waals surface area contributed by atoms with Crippen LogP contribution in [0.25, 0.3) is 0 Å². The third-order valence-corrected chi connectivity index (χ3v) is 4.94. The number of aliphatic carboxylic acids is 1. The predicted molar refractivity (Wildman–Crippen MR) is 110 cm³/mol. The number of carbonyl (C=O) groups is 1. The molecule has 0 bridgehead atoms. The van der Waals surface area contributed by atoms with Crippen molar-refractivity contribution in [1.82, 2.24) is 0 Å². The molecule has 0 radical (unpaired) electrons. The van der Waals surface area contributed by atoms with Gasteiger partial charge in [-0.1, -0.05) is 36.4 Å². The summed E-state index contributed by atoms with van der Waals surface area (Å²) in [5.74, 6) is -0.532. The summed E-state index contributed by atoms with van der Waals surface area (Å²) >= 11 is 0. The van der Waals surface area contributed by atoms with E-state index < -0.39 is 24.0 Å². The minimum absolute atomic E-state index is 0.0286. The Hall–Kier alpha value is -2.77. The fourth-order valence-electron chi connectivity index (χ4n) is 3.35. The Morgan fingerprint density at radius 3 is 2.17 bits per heavy atom. The molecule has 2 aromatic carbocycles.